The Labute approximate surface area is 94.2 Å². The number of nitrogen functional groups attached to an aromatic ring is 1. The van der Waals surface area contributed by atoms with E-state index in [9.17, 15) is 0 Å². The van der Waals surface area contributed by atoms with Gasteiger partial charge in [-0.3, -0.25) is 4.68 Å². The number of hydrogen-bond acceptors (Lipinski definition) is 4. The fourth-order valence-electron chi connectivity index (χ4n) is 1.94. The van der Waals surface area contributed by atoms with Crippen molar-refractivity contribution in [2.45, 2.75) is 33.7 Å². The molecule has 86 valence electrons. The molecule has 0 atom stereocenters. The maximum atomic E-state index is 5.53. The first-order valence-electron chi connectivity index (χ1n) is 5.29. The Morgan fingerprint density at radius 2 is 2.06 bits per heavy atom. The lowest BCUT2D eigenvalue weighted by Gasteiger charge is -2.07. The van der Waals surface area contributed by atoms with Crippen molar-refractivity contribution in [3.05, 3.63) is 17.5 Å². The van der Waals surface area contributed by atoms with E-state index in [-0.39, 0.29) is 0 Å². The molecule has 5 heteroatoms. The number of anilines is 1. The molecule has 2 rings (SSSR count). The van der Waals surface area contributed by atoms with Gasteiger partial charge in [-0.05, 0) is 27.7 Å². The van der Waals surface area contributed by atoms with Gasteiger partial charge in [-0.2, -0.15) is 5.10 Å². The van der Waals surface area contributed by atoms with E-state index in [4.69, 9.17) is 10.3 Å². The topological polar surface area (TPSA) is 69.9 Å². The van der Waals surface area contributed by atoms with Gasteiger partial charge in [0.2, 0.25) is 5.88 Å². The highest BCUT2D eigenvalue weighted by molar-refractivity contribution is 5.66. The number of aryl methyl sites for hydroxylation is 1. The van der Waals surface area contributed by atoms with Gasteiger partial charge in [0.15, 0.2) is 0 Å². The predicted molar refractivity (Wildman–Crippen MR) is 62.0 cm³/mol. The summed E-state index contributed by atoms with van der Waals surface area (Å²) in [5.41, 5.74) is 9.31. The third-order valence-electron chi connectivity index (χ3n) is 2.60. The first-order valence-corrected chi connectivity index (χ1v) is 5.29. The molecule has 0 saturated carbocycles. The molecule has 0 fully saturated rings. The Hall–Kier alpha value is -1.78. The summed E-state index contributed by atoms with van der Waals surface area (Å²) in [7, 11) is 0. The third kappa shape index (κ3) is 1.58. The Morgan fingerprint density at radius 1 is 1.38 bits per heavy atom. The molecule has 0 spiro atoms. The van der Waals surface area contributed by atoms with Crippen molar-refractivity contribution in [2.75, 3.05) is 5.73 Å². The average molecular weight is 220 g/mol. The standard InChI is InChI=1S/C11H16N4O/c1-6(2)15-8(4)11(7(3)13-15)9-5-10(12)16-14-9/h5-6H,12H2,1-4H3. The normalized spacial score (nSPS) is 11.3. The van der Waals surface area contributed by atoms with Gasteiger partial charge < -0.3 is 10.3 Å². The number of hydrogen-bond donors (Lipinski definition) is 1. The van der Waals surface area contributed by atoms with Crippen LogP contribution < -0.4 is 5.73 Å². The largest absolute Gasteiger partial charge is 0.368 e. The van der Waals surface area contributed by atoms with Crippen LogP contribution in [-0.4, -0.2) is 14.9 Å². The van der Waals surface area contributed by atoms with Gasteiger partial charge in [-0.25, -0.2) is 0 Å². The van der Waals surface area contributed by atoms with E-state index in [1.54, 1.807) is 6.07 Å². The summed E-state index contributed by atoms with van der Waals surface area (Å²) >= 11 is 0. The minimum atomic E-state index is 0.325. The van der Waals surface area contributed by atoms with Crippen molar-refractivity contribution >= 4 is 5.88 Å². The van der Waals surface area contributed by atoms with Crippen LogP contribution in [0.1, 0.15) is 31.3 Å². The number of nitrogens with two attached hydrogens (primary N) is 1. The average Bonchev–Trinajstić information content (AvgIpc) is 2.71. The lowest BCUT2D eigenvalue weighted by atomic mass is 10.1. The molecular weight excluding hydrogens is 204 g/mol. The molecule has 0 bridgehead atoms. The van der Waals surface area contributed by atoms with Gasteiger partial charge in [0.1, 0.15) is 5.69 Å². The first kappa shape index (κ1) is 10.7. The molecule has 5 nitrogen and oxygen atoms in total. The van der Waals surface area contributed by atoms with E-state index in [2.05, 4.69) is 24.1 Å². The smallest absolute Gasteiger partial charge is 0.222 e. The SMILES string of the molecule is Cc1nn(C(C)C)c(C)c1-c1cc(N)on1. The summed E-state index contributed by atoms with van der Waals surface area (Å²) in [4.78, 5) is 0. The third-order valence-corrected chi connectivity index (χ3v) is 2.60. The molecule has 0 amide bonds. The Kier molecular flexibility index (Phi) is 2.46. The summed E-state index contributed by atoms with van der Waals surface area (Å²) in [5.74, 6) is 0.325. The number of nitrogens with zero attached hydrogens (tertiary/aromatic N) is 3. The molecular formula is C11H16N4O. The molecule has 0 aromatic carbocycles. The van der Waals surface area contributed by atoms with Crippen LogP contribution in [-0.2, 0) is 0 Å². The van der Waals surface area contributed by atoms with Crippen molar-refractivity contribution in [1.29, 1.82) is 0 Å². The molecule has 2 aromatic heterocycles. The monoisotopic (exact) mass is 220 g/mol. The molecule has 2 aromatic rings. The van der Waals surface area contributed by atoms with Crippen LogP contribution >= 0.6 is 0 Å². The first-order chi connectivity index (χ1) is 7.50. The van der Waals surface area contributed by atoms with Crippen molar-refractivity contribution in [3.8, 4) is 11.3 Å². The second-order valence-electron chi connectivity index (χ2n) is 4.20. The van der Waals surface area contributed by atoms with E-state index in [1.165, 1.54) is 0 Å². The molecule has 0 aliphatic rings. The van der Waals surface area contributed by atoms with Crippen LogP contribution in [0.15, 0.2) is 10.6 Å². The number of rotatable bonds is 2. The van der Waals surface area contributed by atoms with Gasteiger partial charge in [0, 0.05) is 23.4 Å². The summed E-state index contributed by atoms with van der Waals surface area (Å²) in [6.07, 6.45) is 0. The highest BCUT2D eigenvalue weighted by atomic mass is 16.5. The molecule has 16 heavy (non-hydrogen) atoms. The quantitative estimate of drug-likeness (QED) is 0.843. The van der Waals surface area contributed by atoms with Gasteiger partial charge in [0.05, 0.1) is 5.69 Å². The molecule has 0 radical (unpaired) electrons. The number of aromatic nitrogens is 3. The minimum absolute atomic E-state index is 0.325. The van der Waals surface area contributed by atoms with E-state index in [1.807, 2.05) is 18.5 Å². The van der Waals surface area contributed by atoms with Gasteiger partial charge in [0.25, 0.3) is 0 Å². The predicted octanol–water partition coefficient (Wildman–Crippen LogP) is 2.32. The fourth-order valence-corrected chi connectivity index (χ4v) is 1.94. The van der Waals surface area contributed by atoms with Gasteiger partial charge >= 0.3 is 0 Å². The minimum Gasteiger partial charge on any atom is -0.368 e. The van der Waals surface area contributed by atoms with Crippen LogP contribution in [0.4, 0.5) is 5.88 Å². The summed E-state index contributed by atoms with van der Waals surface area (Å²) in [6.45, 7) is 8.19. The molecule has 0 saturated heterocycles. The van der Waals surface area contributed by atoms with Crippen LogP contribution in [0.2, 0.25) is 0 Å². The highest BCUT2D eigenvalue weighted by Crippen LogP contribution is 2.28. The highest BCUT2D eigenvalue weighted by Gasteiger charge is 2.17. The van der Waals surface area contributed by atoms with Gasteiger partial charge in [-0.15, -0.1) is 0 Å². The zero-order chi connectivity index (χ0) is 11.9. The van der Waals surface area contributed by atoms with E-state index < -0.39 is 0 Å². The summed E-state index contributed by atoms with van der Waals surface area (Å²) in [5, 5.41) is 8.42. The Morgan fingerprint density at radius 3 is 2.50 bits per heavy atom. The zero-order valence-electron chi connectivity index (χ0n) is 9.98. The molecule has 0 unspecified atom stereocenters. The van der Waals surface area contributed by atoms with E-state index in [0.29, 0.717) is 11.9 Å². The zero-order valence-corrected chi connectivity index (χ0v) is 9.98. The van der Waals surface area contributed by atoms with Crippen LogP contribution in [0, 0.1) is 13.8 Å². The Balaban J connectivity index is 2.57. The van der Waals surface area contributed by atoms with Crippen LogP contribution in [0.25, 0.3) is 11.3 Å². The molecule has 2 N–H and O–H groups in total. The maximum Gasteiger partial charge on any atom is 0.222 e. The van der Waals surface area contributed by atoms with Crippen LogP contribution in [0.5, 0.6) is 0 Å². The van der Waals surface area contributed by atoms with E-state index >= 15 is 0 Å². The van der Waals surface area contributed by atoms with Crippen molar-refractivity contribution in [1.82, 2.24) is 14.9 Å². The molecule has 0 aliphatic heterocycles. The molecule has 0 aliphatic carbocycles. The van der Waals surface area contributed by atoms with Crippen molar-refractivity contribution < 1.29 is 4.52 Å². The Bertz CT molecular complexity index is 510. The van der Waals surface area contributed by atoms with Crippen molar-refractivity contribution in [3.63, 3.8) is 0 Å². The van der Waals surface area contributed by atoms with Gasteiger partial charge in [-0.1, -0.05) is 5.16 Å². The lowest BCUT2D eigenvalue weighted by Crippen LogP contribution is -2.04. The van der Waals surface area contributed by atoms with Crippen molar-refractivity contribution in [2.24, 2.45) is 0 Å². The second kappa shape index (κ2) is 3.66. The fraction of sp³-hybridized carbons (Fsp3) is 0.455. The summed E-state index contributed by atoms with van der Waals surface area (Å²) < 4.78 is 6.87. The lowest BCUT2D eigenvalue weighted by molar-refractivity contribution is 0.439. The maximum absolute atomic E-state index is 5.53. The van der Waals surface area contributed by atoms with E-state index in [0.717, 1.165) is 22.6 Å². The molecule has 2 heterocycles. The summed E-state index contributed by atoms with van der Waals surface area (Å²) in [6, 6.07) is 2.05. The second-order valence-corrected chi connectivity index (χ2v) is 4.20. The van der Waals surface area contributed by atoms with Crippen LogP contribution in [0.3, 0.4) is 0 Å².